The fourth-order valence-electron chi connectivity index (χ4n) is 4.17. The molecular formula is C27H24N4O4. The Morgan fingerprint density at radius 2 is 1.66 bits per heavy atom. The van der Waals surface area contributed by atoms with Crippen LogP contribution >= 0.6 is 0 Å². The van der Waals surface area contributed by atoms with E-state index in [1.54, 1.807) is 19.1 Å². The number of carbonyl (C=O) groups excluding carboxylic acids is 1. The average Bonchev–Trinajstić information content (AvgIpc) is 3.39. The minimum atomic E-state index is -0.461. The highest BCUT2D eigenvalue weighted by Gasteiger charge is 2.36. The van der Waals surface area contributed by atoms with E-state index < -0.39 is 6.04 Å². The first kappa shape index (κ1) is 22.2. The number of urea groups is 1. The molecule has 1 atom stereocenters. The lowest BCUT2D eigenvalue weighted by Gasteiger charge is -2.35. The summed E-state index contributed by atoms with van der Waals surface area (Å²) in [6, 6.07) is 23.7. The Kier molecular flexibility index (Phi) is 5.93. The number of nitrogens with zero attached hydrogens (tertiary/aromatic N) is 3. The van der Waals surface area contributed by atoms with Crippen LogP contribution in [0, 0.1) is 0 Å². The van der Waals surface area contributed by atoms with E-state index in [2.05, 4.69) is 10.5 Å². The summed E-state index contributed by atoms with van der Waals surface area (Å²) in [5.41, 5.74) is 3.77. The first-order valence-corrected chi connectivity index (χ1v) is 11.1. The Morgan fingerprint density at radius 1 is 0.914 bits per heavy atom. The van der Waals surface area contributed by atoms with Gasteiger partial charge in [-0.25, -0.2) is 4.79 Å². The van der Waals surface area contributed by atoms with E-state index in [0.717, 1.165) is 11.1 Å². The highest BCUT2D eigenvalue weighted by Crippen LogP contribution is 2.39. The monoisotopic (exact) mass is 468 g/mol. The molecule has 35 heavy (non-hydrogen) atoms. The van der Waals surface area contributed by atoms with Crippen LogP contribution in [0.1, 0.15) is 24.4 Å². The third-order valence-electron chi connectivity index (χ3n) is 5.93. The van der Waals surface area contributed by atoms with Gasteiger partial charge in [0.25, 0.3) is 5.89 Å². The number of aromatic nitrogens is 2. The molecule has 0 aliphatic carbocycles. The van der Waals surface area contributed by atoms with Crippen LogP contribution in [0.4, 0.5) is 10.5 Å². The summed E-state index contributed by atoms with van der Waals surface area (Å²) in [6.07, 6.45) is 0. The number of methoxy groups -OCH3 is 2. The molecule has 1 aliphatic rings. The van der Waals surface area contributed by atoms with Gasteiger partial charge in [0, 0.05) is 11.3 Å². The van der Waals surface area contributed by atoms with Crippen LogP contribution in [0.15, 0.2) is 89.1 Å². The second kappa shape index (κ2) is 9.34. The van der Waals surface area contributed by atoms with Gasteiger partial charge >= 0.3 is 6.03 Å². The Labute approximate surface area is 202 Å². The highest BCUT2D eigenvalue weighted by molar-refractivity contribution is 6.01. The lowest BCUT2D eigenvalue weighted by atomic mass is 9.94. The Morgan fingerprint density at radius 3 is 2.37 bits per heavy atom. The van der Waals surface area contributed by atoms with Crippen LogP contribution in [-0.4, -0.2) is 30.4 Å². The van der Waals surface area contributed by atoms with Gasteiger partial charge in [0.15, 0.2) is 0 Å². The Hall–Kier alpha value is -4.59. The predicted molar refractivity (Wildman–Crippen MR) is 132 cm³/mol. The average molecular weight is 469 g/mol. The highest BCUT2D eigenvalue weighted by atomic mass is 16.5. The van der Waals surface area contributed by atoms with Gasteiger partial charge in [-0.3, -0.25) is 4.90 Å². The summed E-state index contributed by atoms with van der Waals surface area (Å²) in [6.45, 7) is 1.88. The van der Waals surface area contributed by atoms with E-state index in [-0.39, 0.29) is 6.03 Å². The normalized spacial score (nSPS) is 15.7. The Bertz CT molecular complexity index is 1380. The summed E-state index contributed by atoms with van der Waals surface area (Å²) >= 11 is 0. The van der Waals surface area contributed by atoms with Crippen LogP contribution in [0.25, 0.3) is 17.0 Å². The van der Waals surface area contributed by atoms with Crippen molar-refractivity contribution in [2.45, 2.75) is 13.0 Å². The molecule has 3 aromatic carbocycles. The number of ether oxygens (including phenoxy) is 2. The molecule has 0 spiro atoms. The topological polar surface area (TPSA) is 89.7 Å². The molecule has 2 amide bonds. The van der Waals surface area contributed by atoms with Gasteiger partial charge in [0.05, 0.1) is 31.5 Å². The third kappa shape index (κ3) is 4.21. The number of amides is 2. The van der Waals surface area contributed by atoms with E-state index in [1.807, 2.05) is 85.8 Å². The van der Waals surface area contributed by atoms with Gasteiger partial charge < -0.3 is 19.3 Å². The SMILES string of the molecule is COc1ccc(N2C(=O)NC(c3ccccc3)C(c3nc(-c4cccc(OC)c4)no3)=C2C)cc1. The van der Waals surface area contributed by atoms with Gasteiger partial charge in [-0.15, -0.1) is 0 Å². The largest absolute Gasteiger partial charge is 0.497 e. The van der Waals surface area contributed by atoms with E-state index >= 15 is 0 Å². The third-order valence-corrected chi connectivity index (χ3v) is 5.93. The fourth-order valence-corrected chi connectivity index (χ4v) is 4.17. The molecular weight excluding hydrogens is 444 g/mol. The van der Waals surface area contributed by atoms with Crippen LogP contribution < -0.4 is 19.7 Å². The molecule has 8 heteroatoms. The van der Waals surface area contributed by atoms with E-state index in [9.17, 15) is 4.79 Å². The number of benzene rings is 3. The molecule has 0 saturated carbocycles. The molecule has 2 heterocycles. The van der Waals surface area contributed by atoms with Crippen LogP contribution in [0.2, 0.25) is 0 Å². The van der Waals surface area contributed by atoms with Crippen LogP contribution in [0.3, 0.4) is 0 Å². The molecule has 0 bridgehead atoms. The fraction of sp³-hybridized carbons (Fsp3) is 0.148. The summed E-state index contributed by atoms with van der Waals surface area (Å²) in [7, 11) is 3.21. The lowest BCUT2D eigenvalue weighted by Crippen LogP contribution is -2.46. The molecule has 4 aromatic rings. The molecule has 1 N–H and O–H groups in total. The number of hydrogen-bond acceptors (Lipinski definition) is 6. The minimum Gasteiger partial charge on any atom is -0.497 e. The quantitative estimate of drug-likeness (QED) is 0.404. The molecule has 1 aliphatic heterocycles. The molecule has 0 fully saturated rings. The second-order valence-corrected chi connectivity index (χ2v) is 7.98. The standard InChI is InChI=1S/C27H24N4O4/c1-17-23(26-29-25(30-35-26)19-10-7-11-22(16-19)34-3)24(18-8-5-4-6-9-18)28-27(32)31(17)20-12-14-21(33-2)15-13-20/h4-16,24H,1-3H3,(H,28,32). The number of anilines is 1. The van der Waals surface area contributed by atoms with Gasteiger partial charge in [-0.2, -0.15) is 4.98 Å². The molecule has 1 aromatic heterocycles. The smallest absolute Gasteiger partial charge is 0.326 e. The van der Waals surface area contributed by atoms with E-state index in [4.69, 9.17) is 19.0 Å². The van der Waals surface area contributed by atoms with Crippen LogP contribution in [0.5, 0.6) is 11.5 Å². The van der Waals surface area contributed by atoms with Crippen molar-refractivity contribution in [3.05, 3.63) is 96.0 Å². The van der Waals surface area contributed by atoms with Crippen molar-refractivity contribution in [3.8, 4) is 22.9 Å². The first-order chi connectivity index (χ1) is 17.1. The molecule has 8 nitrogen and oxygen atoms in total. The molecule has 5 rings (SSSR count). The summed E-state index contributed by atoms with van der Waals surface area (Å²) < 4.78 is 16.3. The van der Waals surface area contributed by atoms with Crippen molar-refractivity contribution in [2.24, 2.45) is 0 Å². The summed E-state index contributed by atoms with van der Waals surface area (Å²) in [4.78, 5) is 19.6. The number of allylic oxidation sites excluding steroid dienone is 1. The predicted octanol–water partition coefficient (Wildman–Crippen LogP) is 5.46. The number of carbonyl (C=O) groups is 1. The zero-order valence-corrected chi connectivity index (χ0v) is 19.6. The van der Waals surface area contributed by atoms with Crippen molar-refractivity contribution < 1.29 is 18.8 Å². The second-order valence-electron chi connectivity index (χ2n) is 7.98. The summed E-state index contributed by atoms with van der Waals surface area (Å²) in [5, 5.41) is 7.32. The van der Waals surface area contributed by atoms with Gasteiger partial charge in [-0.05, 0) is 48.9 Å². The lowest BCUT2D eigenvalue weighted by molar-refractivity contribution is 0.244. The van der Waals surface area contributed by atoms with Gasteiger partial charge in [0.2, 0.25) is 5.82 Å². The maximum atomic E-state index is 13.3. The molecule has 176 valence electrons. The van der Waals surface area contributed by atoms with Crippen molar-refractivity contribution in [1.29, 1.82) is 0 Å². The zero-order valence-electron chi connectivity index (χ0n) is 19.6. The van der Waals surface area contributed by atoms with Crippen molar-refractivity contribution in [2.75, 3.05) is 19.1 Å². The van der Waals surface area contributed by atoms with E-state index in [1.165, 1.54) is 0 Å². The summed E-state index contributed by atoms with van der Waals surface area (Å²) in [5.74, 6) is 2.16. The van der Waals surface area contributed by atoms with Crippen molar-refractivity contribution >= 4 is 17.3 Å². The van der Waals surface area contributed by atoms with Gasteiger partial charge in [-0.1, -0.05) is 47.6 Å². The first-order valence-electron chi connectivity index (χ1n) is 11.1. The van der Waals surface area contributed by atoms with Crippen molar-refractivity contribution in [1.82, 2.24) is 15.5 Å². The molecule has 0 radical (unpaired) electrons. The number of hydrogen-bond donors (Lipinski definition) is 1. The minimum absolute atomic E-state index is 0.252. The Balaban J connectivity index is 1.63. The molecule has 1 unspecified atom stereocenters. The zero-order chi connectivity index (χ0) is 24.4. The van der Waals surface area contributed by atoms with Crippen LogP contribution in [-0.2, 0) is 0 Å². The van der Waals surface area contributed by atoms with Crippen molar-refractivity contribution in [3.63, 3.8) is 0 Å². The maximum Gasteiger partial charge on any atom is 0.326 e. The van der Waals surface area contributed by atoms with Gasteiger partial charge in [0.1, 0.15) is 11.5 Å². The number of nitrogens with one attached hydrogen (secondary N) is 1. The maximum absolute atomic E-state index is 13.3. The van der Waals surface area contributed by atoms with E-state index in [0.29, 0.717) is 40.2 Å². The number of rotatable bonds is 6. The molecule has 0 saturated heterocycles.